The van der Waals surface area contributed by atoms with E-state index in [2.05, 4.69) is 10.3 Å². The van der Waals surface area contributed by atoms with Crippen LogP contribution in [0.4, 0.5) is 13.2 Å². The van der Waals surface area contributed by atoms with Gasteiger partial charge in [-0.1, -0.05) is 30.3 Å². The van der Waals surface area contributed by atoms with Gasteiger partial charge in [-0.15, -0.1) is 11.3 Å². The number of carbonyl (C=O) groups is 1. The standard InChI is InChI=1S/C20H17F3N2O2S/c1-27-17-5-3-2-4-14(17)11-24-18(26)10-16-12-28-19(25-16)13-6-8-15(9-7-13)20(21,22)23/h2-9,12H,10-11H2,1H3,(H,24,26). The number of alkyl halides is 3. The van der Waals surface area contributed by atoms with Crippen LogP contribution in [-0.2, 0) is 23.9 Å². The zero-order chi connectivity index (χ0) is 20.1. The minimum atomic E-state index is -4.37. The number of aromatic nitrogens is 1. The summed E-state index contributed by atoms with van der Waals surface area (Å²) in [7, 11) is 1.57. The Morgan fingerprint density at radius 3 is 2.54 bits per heavy atom. The Balaban J connectivity index is 1.60. The highest BCUT2D eigenvalue weighted by Gasteiger charge is 2.30. The van der Waals surface area contributed by atoms with Gasteiger partial charge in [-0.25, -0.2) is 4.98 Å². The SMILES string of the molecule is COc1ccccc1CNC(=O)Cc1csc(-c2ccc(C(F)(F)F)cc2)n1. The van der Waals surface area contributed by atoms with Crippen molar-refractivity contribution in [1.29, 1.82) is 0 Å². The summed E-state index contributed by atoms with van der Waals surface area (Å²) < 4.78 is 43.2. The Kier molecular flexibility index (Phi) is 5.99. The molecule has 3 aromatic rings. The van der Waals surface area contributed by atoms with Gasteiger partial charge in [0, 0.05) is 23.1 Å². The summed E-state index contributed by atoms with van der Waals surface area (Å²) in [4.78, 5) is 16.5. The van der Waals surface area contributed by atoms with Gasteiger partial charge in [0.05, 0.1) is 24.8 Å². The van der Waals surface area contributed by atoms with Gasteiger partial charge < -0.3 is 10.1 Å². The third-order valence-corrected chi connectivity index (χ3v) is 4.96. The monoisotopic (exact) mass is 406 g/mol. The van der Waals surface area contributed by atoms with Gasteiger partial charge in [0.2, 0.25) is 5.91 Å². The predicted molar refractivity (Wildman–Crippen MR) is 101 cm³/mol. The molecule has 8 heteroatoms. The van der Waals surface area contributed by atoms with E-state index >= 15 is 0 Å². The van der Waals surface area contributed by atoms with Gasteiger partial charge >= 0.3 is 6.18 Å². The summed E-state index contributed by atoms with van der Waals surface area (Å²) in [6, 6.07) is 12.2. The number of methoxy groups -OCH3 is 1. The average Bonchev–Trinajstić information content (AvgIpc) is 3.14. The van der Waals surface area contributed by atoms with Crippen molar-refractivity contribution >= 4 is 17.2 Å². The first-order valence-corrected chi connectivity index (χ1v) is 9.25. The third kappa shape index (κ3) is 4.89. The van der Waals surface area contributed by atoms with Crippen molar-refractivity contribution in [2.75, 3.05) is 7.11 Å². The molecule has 0 aliphatic heterocycles. The fourth-order valence-corrected chi connectivity index (χ4v) is 3.42. The van der Waals surface area contributed by atoms with E-state index in [9.17, 15) is 18.0 Å². The minimum absolute atomic E-state index is 0.0896. The number of benzene rings is 2. The lowest BCUT2D eigenvalue weighted by atomic mass is 10.1. The van der Waals surface area contributed by atoms with Crippen molar-refractivity contribution in [3.8, 4) is 16.3 Å². The normalized spacial score (nSPS) is 11.3. The Morgan fingerprint density at radius 2 is 1.86 bits per heavy atom. The maximum absolute atomic E-state index is 12.6. The van der Waals surface area contributed by atoms with Gasteiger partial charge in [-0.3, -0.25) is 4.79 Å². The largest absolute Gasteiger partial charge is 0.496 e. The Labute approximate surface area is 164 Å². The van der Waals surface area contributed by atoms with E-state index in [0.717, 1.165) is 17.7 Å². The number of thiazole rings is 1. The van der Waals surface area contributed by atoms with Crippen molar-refractivity contribution in [2.45, 2.75) is 19.1 Å². The quantitative estimate of drug-likeness (QED) is 0.646. The molecule has 28 heavy (non-hydrogen) atoms. The fourth-order valence-electron chi connectivity index (χ4n) is 2.59. The third-order valence-electron chi connectivity index (χ3n) is 4.02. The molecular formula is C20H17F3N2O2S. The molecule has 2 aromatic carbocycles. The second kappa shape index (κ2) is 8.43. The highest BCUT2D eigenvalue weighted by Crippen LogP contribution is 2.31. The van der Waals surface area contributed by atoms with Crippen molar-refractivity contribution in [2.24, 2.45) is 0 Å². The number of para-hydroxylation sites is 1. The molecule has 1 aromatic heterocycles. The van der Waals surface area contributed by atoms with E-state index in [0.29, 0.717) is 28.6 Å². The highest BCUT2D eigenvalue weighted by molar-refractivity contribution is 7.13. The molecular weight excluding hydrogens is 389 g/mol. The van der Waals surface area contributed by atoms with Gasteiger partial charge in [-0.2, -0.15) is 13.2 Å². The molecule has 0 saturated heterocycles. The van der Waals surface area contributed by atoms with Crippen LogP contribution in [0.25, 0.3) is 10.6 Å². The molecule has 0 unspecified atom stereocenters. The summed E-state index contributed by atoms with van der Waals surface area (Å²) in [6.07, 6.45) is -4.28. The molecule has 0 aliphatic carbocycles. The summed E-state index contributed by atoms with van der Waals surface area (Å²) >= 11 is 1.29. The molecule has 0 atom stereocenters. The molecule has 0 saturated carbocycles. The zero-order valence-corrected chi connectivity index (χ0v) is 15.7. The molecule has 3 rings (SSSR count). The summed E-state index contributed by atoms with van der Waals surface area (Å²) in [5.74, 6) is 0.497. The van der Waals surface area contributed by atoms with Crippen LogP contribution in [0.1, 0.15) is 16.8 Å². The maximum atomic E-state index is 12.6. The molecule has 0 aliphatic rings. The number of nitrogens with one attached hydrogen (secondary N) is 1. The van der Waals surface area contributed by atoms with Crippen LogP contribution >= 0.6 is 11.3 Å². The highest BCUT2D eigenvalue weighted by atomic mass is 32.1. The number of nitrogens with zero attached hydrogens (tertiary/aromatic N) is 1. The number of carbonyl (C=O) groups excluding carboxylic acids is 1. The van der Waals surface area contributed by atoms with Gasteiger partial charge in [0.1, 0.15) is 10.8 Å². The molecule has 0 fully saturated rings. The van der Waals surface area contributed by atoms with E-state index in [-0.39, 0.29) is 12.3 Å². The lowest BCUT2D eigenvalue weighted by Crippen LogP contribution is -2.24. The van der Waals surface area contributed by atoms with Crippen LogP contribution in [-0.4, -0.2) is 18.0 Å². The van der Waals surface area contributed by atoms with E-state index in [1.165, 1.54) is 23.5 Å². The summed E-state index contributed by atoms with van der Waals surface area (Å²) in [6.45, 7) is 0.332. The summed E-state index contributed by atoms with van der Waals surface area (Å²) in [5.41, 5.74) is 1.31. The van der Waals surface area contributed by atoms with Crippen LogP contribution in [0.2, 0.25) is 0 Å². The van der Waals surface area contributed by atoms with E-state index in [4.69, 9.17) is 4.74 Å². The van der Waals surface area contributed by atoms with Crippen LogP contribution in [0.15, 0.2) is 53.9 Å². The van der Waals surface area contributed by atoms with Gasteiger partial charge in [0.15, 0.2) is 0 Å². The summed E-state index contributed by atoms with van der Waals surface area (Å²) in [5, 5.41) is 5.12. The Morgan fingerprint density at radius 1 is 1.14 bits per heavy atom. The number of amides is 1. The molecule has 1 N–H and O–H groups in total. The first kappa shape index (κ1) is 19.9. The molecule has 4 nitrogen and oxygen atoms in total. The van der Waals surface area contributed by atoms with Crippen molar-refractivity contribution < 1.29 is 22.7 Å². The number of hydrogen-bond donors (Lipinski definition) is 1. The van der Waals surface area contributed by atoms with E-state index < -0.39 is 11.7 Å². The van der Waals surface area contributed by atoms with Crippen molar-refractivity contribution in [1.82, 2.24) is 10.3 Å². The maximum Gasteiger partial charge on any atom is 0.416 e. The number of ether oxygens (including phenoxy) is 1. The van der Waals surface area contributed by atoms with Crippen molar-refractivity contribution in [3.63, 3.8) is 0 Å². The molecule has 0 spiro atoms. The minimum Gasteiger partial charge on any atom is -0.496 e. The number of rotatable bonds is 6. The van der Waals surface area contributed by atoms with Gasteiger partial charge in [-0.05, 0) is 18.2 Å². The molecule has 1 heterocycles. The van der Waals surface area contributed by atoms with Crippen LogP contribution in [0.5, 0.6) is 5.75 Å². The number of hydrogen-bond acceptors (Lipinski definition) is 4. The van der Waals surface area contributed by atoms with Crippen LogP contribution in [0.3, 0.4) is 0 Å². The first-order valence-electron chi connectivity index (χ1n) is 8.37. The van der Waals surface area contributed by atoms with Crippen molar-refractivity contribution in [3.05, 3.63) is 70.7 Å². The lowest BCUT2D eigenvalue weighted by molar-refractivity contribution is -0.137. The van der Waals surface area contributed by atoms with Crippen LogP contribution < -0.4 is 10.1 Å². The topological polar surface area (TPSA) is 51.2 Å². The lowest BCUT2D eigenvalue weighted by Gasteiger charge is -2.09. The fraction of sp³-hybridized carbons (Fsp3) is 0.200. The second-order valence-electron chi connectivity index (χ2n) is 5.98. The van der Waals surface area contributed by atoms with Crippen LogP contribution in [0, 0.1) is 0 Å². The smallest absolute Gasteiger partial charge is 0.416 e. The first-order chi connectivity index (χ1) is 13.4. The molecule has 146 valence electrons. The van der Waals surface area contributed by atoms with Gasteiger partial charge in [0.25, 0.3) is 0 Å². The Bertz CT molecular complexity index is 953. The Hall–Kier alpha value is -2.87. The second-order valence-corrected chi connectivity index (χ2v) is 6.84. The molecule has 1 amide bonds. The average molecular weight is 406 g/mol. The number of halogens is 3. The van der Waals surface area contributed by atoms with E-state index in [1.54, 1.807) is 12.5 Å². The predicted octanol–water partition coefficient (Wildman–Crippen LogP) is 4.70. The zero-order valence-electron chi connectivity index (χ0n) is 14.9. The van der Waals surface area contributed by atoms with E-state index in [1.807, 2.05) is 24.3 Å². The molecule has 0 bridgehead atoms. The molecule has 0 radical (unpaired) electrons.